The van der Waals surface area contributed by atoms with Crippen molar-refractivity contribution in [3.63, 3.8) is 0 Å². The molecule has 0 bridgehead atoms. The first-order valence-corrected chi connectivity index (χ1v) is 8.38. The first-order chi connectivity index (χ1) is 3.85. The molecule has 0 heterocycles. The number of rotatable bonds is 1. The van der Waals surface area contributed by atoms with Crippen LogP contribution in [0, 0.1) is 0 Å². The number of nitrogens with zero attached hydrogens (tertiary/aromatic N) is 1. The van der Waals surface area contributed by atoms with Gasteiger partial charge in [-0.2, -0.15) is 0 Å². The molecule has 0 radical (unpaired) electrons. The van der Waals surface area contributed by atoms with Crippen molar-refractivity contribution in [1.29, 1.82) is 0 Å². The summed E-state index contributed by atoms with van der Waals surface area (Å²) < 4.78 is 2.51. The van der Waals surface area contributed by atoms with E-state index in [1.807, 2.05) is 0 Å². The van der Waals surface area contributed by atoms with E-state index in [9.17, 15) is 0 Å². The van der Waals surface area contributed by atoms with Crippen LogP contribution in [0.25, 0.3) is 0 Å². The molecule has 0 saturated carbocycles. The van der Waals surface area contributed by atoms with E-state index in [0.717, 1.165) is 0 Å². The molecule has 0 spiro atoms. The van der Waals surface area contributed by atoms with Gasteiger partial charge in [0.25, 0.3) is 0 Å². The van der Waals surface area contributed by atoms with Gasteiger partial charge in [-0.3, -0.25) is 0 Å². The summed E-state index contributed by atoms with van der Waals surface area (Å²) in [5.41, 5.74) is 0.383. The van der Waals surface area contributed by atoms with Crippen LogP contribution >= 0.6 is 20.1 Å². The van der Waals surface area contributed by atoms with Crippen molar-refractivity contribution < 1.29 is 0 Å². The molecule has 0 aliphatic heterocycles. The SMILES string of the molecule is CN(I(C)C)C(C)(C)C. The van der Waals surface area contributed by atoms with Gasteiger partial charge in [-0.25, -0.2) is 0 Å². The molecule has 0 aliphatic rings. The van der Waals surface area contributed by atoms with Crippen LogP contribution in [0.1, 0.15) is 20.8 Å². The topological polar surface area (TPSA) is 3.24 Å². The number of alkyl halides is 2. The summed E-state index contributed by atoms with van der Waals surface area (Å²) in [4.78, 5) is 4.74. The van der Waals surface area contributed by atoms with Gasteiger partial charge >= 0.3 is 66.4 Å². The van der Waals surface area contributed by atoms with Crippen LogP contribution in [-0.2, 0) is 0 Å². The van der Waals surface area contributed by atoms with Crippen LogP contribution in [0.3, 0.4) is 0 Å². The standard InChI is InChI=1S/C7H18IN/c1-7(2,3)9(6)8(4)5/h1-6H3. The fourth-order valence-corrected chi connectivity index (χ4v) is 3.40. The first-order valence-electron chi connectivity index (χ1n) is 3.10. The zero-order chi connectivity index (χ0) is 7.65. The minimum absolute atomic E-state index is 0.383. The molecule has 0 N–H and O–H groups in total. The summed E-state index contributed by atoms with van der Waals surface area (Å²) in [7, 11) is 2.23. The molecule has 0 aromatic rings. The summed E-state index contributed by atoms with van der Waals surface area (Å²) in [6, 6.07) is 0. The first kappa shape index (κ1) is 9.69. The molecule has 0 saturated heterocycles. The Morgan fingerprint density at radius 1 is 1.11 bits per heavy atom. The zero-order valence-corrected chi connectivity index (χ0v) is 9.48. The van der Waals surface area contributed by atoms with Gasteiger partial charge in [-0.05, 0) is 0 Å². The maximum atomic E-state index is 2.51. The van der Waals surface area contributed by atoms with Crippen LogP contribution in [-0.4, -0.2) is 25.6 Å². The van der Waals surface area contributed by atoms with Crippen molar-refractivity contribution in [1.82, 2.24) is 3.11 Å². The third-order valence-electron chi connectivity index (χ3n) is 1.43. The molecule has 1 nitrogen and oxygen atoms in total. The zero-order valence-electron chi connectivity index (χ0n) is 7.33. The number of hydrogen-bond donors (Lipinski definition) is 0. The van der Waals surface area contributed by atoms with Crippen molar-refractivity contribution in [3.05, 3.63) is 0 Å². The van der Waals surface area contributed by atoms with E-state index >= 15 is 0 Å². The van der Waals surface area contributed by atoms with E-state index in [-0.39, 0.29) is 0 Å². The molecule has 0 fully saturated rings. The van der Waals surface area contributed by atoms with Crippen molar-refractivity contribution >= 4 is 20.1 Å². The van der Waals surface area contributed by atoms with Gasteiger partial charge in [-0.1, -0.05) is 0 Å². The normalized spacial score (nSPS) is 14.3. The molecule has 58 valence electrons. The summed E-state index contributed by atoms with van der Waals surface area (Å²) in [5, 5.41) is 0. The molecule has 0 amide bonds. The molecule has 0 aromatic heterocycles. The van der Waals surface area contributed by atoms with E-state index in [1.165, 1.54) is 0 Å². The van der Waals surface area contributed by atoms with Crippen LogP contribution in [0.5, 0.6) is 0 Å². The van der Waals surface area contributed by atoms with Crippen molar-refractivity contribution in [3.8, 4) is 0 Å². The second-order valence-electron chi connectivity index (χ2n) is 3.36. The molecule has 0 atom stereocenters. The monoisotopic (exact) mass is 243 g/mol. The van der Waals surface area contributed by atoms with Crippen LogP contribution in [0.15, 0.2) is 0 Å². The Morgan fingerprint density at radius 2 is 1.44 bits per heavy atom. The van der Waals surface area contributed by atoms with E-state index in [2.05, 4.69) is 40.8 Å². The second-order valence-corrected chi connectivity index (χ2v) is 8.90. The molecule has 0 aliphatic carbocycles. The molecule has 0 unspecified atom stereocenters. The summed E-state index contributed by atoms with van der Waals surface area (Å²) in [6.45, 7) is 6.81. The van der Waals surface area contributed by atoms with E-state index in [0.29, 0.717) is 5.54 Å². The predicted molar refractivity (Wildman–Crippen MR) is 53.4 cm³/mol. The van der Waals surface area contributed by atoms with E-state index in [1.54, 1.807) is 0 Å². The van der Waals surface area contributed by atoms with Crippen molar-refractivity contribution in [2.24, 2.45) is 0 Å². The van der Waals surface area contributed by atoms with Gasteiger partial charge in [0, 0.05) is 0 Å². The third-order valence-corrected chi connectivity index (χ3v) is 5.77. The summed E-state index contributed by atoms with van der Waals surface area (Å²) in [6.07, 6.45) is 0. The Labute approximate surface area is 66.6 Å². The van der Waals surface area contributed by atoms with Crippen molar-refractivity contribution in [2.45, 2.75) is 26.3 Å². The van der Waals surface area contributed by atoms with E-state index in [4.69, 9.17) is 0 Å². The Morgan fingerprint density at radius 3 is 1.44 bits per heavy atom. The van der Waals surface area contributed by atoms with Crippen LogP contribution in [0.2, 0.25) is 0 Å². The van der Waals surface area contributed by atoms with Gasteiger partial charge in [0.2, 0.25) is 0 Å². The quantitative estimate of drug-likeness (QED) is 0.388. The Balaban J connectivity index is 3.88. The molecule has 0 aromatic carbocycles. The van der Waals surface area contributed by atoms with Crippen LogP contribution in [0.4, 0.5) is 0 Å². The minimum atomic E-state index is -0.710. The van der Waals surface area contributed by atoms with Gasteiger partial charge < -0.3 is 0 Å². The second kappa shape index (κ2) is 3.19. The van der Waals surface area contributed by atoms with Gasteiger partial charge in [0.1, 0.15) is 0 Å². The van der Waals surface area contributed by atoms with Crippen LogP contribution < -0.4 is 0 Å². The molecular formula is C7H18IN. The Kier molecular flexibility index (Phi) is 3.44. The van der Waals surface area contributed by atoms with E-state index < -0.39 is 20.1 Å². The number of halogens is 1. The summed E-state index contributed by atoms with van der Waals surface area (Å²) >= 11 is -0.710. The van der Waals surface area contributed by atoms with Gasteiger partial charge in [0.05, 0.1) is 0 Å². The fraction of sp³-hybridized carbons (Fsp3) is 1.00. The Hall–Kier alpha value is 0.690. The average molecular weight is 243 g/mol. The average Bonchev–Trinajstić information content (AvgIpc) is 1.62. The predicted octanol–water partition coefficient (Wildman–Crippen LogP) is 2.40. The maximum absolute atomic E-state index is 2.51. The molecule has 9 heavy (non-hydrogen) atoms. The third kappa shape index (κ3) is 3.40. The van der Waals surface area contributed by atoms with Gasteiger partial charge in [0.15, 0.2) is 0 Å². The van der Waals surface area contributed by atoms with Crippen molar-refractivity contribution in [2.75, 3.05) is 16.9 Å². The fourth-order valence-electron chi connectivity index (χ4n) is 0.507. The summed E-state index contributed by atoms with van der Waals surface area (Å²) in [5.74, 6) is 0. The van der Waals surface area contributed by atoms with Gasteiger partial charge in [-0.15, -0.1) is 0 Å². The molecule has 0 rings (SSSR count). The molecular weight excluding hydrogens is 225 g/mol. The Bertz CT molecular complexity index is 83.4. The molecule has 2 heteroatoms. The number of hydrogen-bond acceptors (Lipinski definition) is 1.